The number of carboxylic acid groups (broad SMARTS) is 1. The topological polar surface area (TPSA) is 203 Å². The van der Waals surface area contributed by atoms with Gasteiger partial charge in [0.2, 0.25) is 27.7 Å². The Bertz CT molecular complexity index is 1920. The number of ether oxygens (including phenoxy) is 3. The first-order valence-electron chi connectivity index (χ1n) is 17.8. The van der Waals surface area contributed by atoms with Gasteiger partial charge in [0.05, 0.1) is 20.8 Å². The summed E-state index contributed by atoms with van der Waals surface area (Å²) in [4.78, 5) is 60.2. The number of fused-ring (bicyclic) bond motifs is 3. The minimum Gasteiger partial charge on any atom is -0.493 e. The summed E-state index contributed by atoms with van der Waals surface area (Å²) >= 11 is 0. The molecule has 53 heavy (non-hydrogen) atoms. The molecule has 0 bridgehead atoms. The van der Waals surface area contributed by atoms with Crippen LogP contribution in [-0.2, 0) is 24.4 Å². The van der Waals surface area contributed by atoms with Crippen molar-refractivity contribution in [2.45, 2.75) is 87.3 Å². The zero-order chi connectivity index (χ0) is 38.3. The maximum absolute atomic E-state index is 14.4. The van der Waals surface area contributed by atoms with Crippen molar-refractivity contribution in [2.24, 2.45) is 17.8 Å². The van der Waals surface area contributed by atoms with Crippen LogP contribution in [0.2, 0.25) is 0 Å². The largest absolute Gasteiger partial charge is 0.493 e. The Morgan fingerprint density at radius 1 is 1.13 bits per heavy atom. The molecule has 17 heteroatoms. The molecule has 3 heterocycles. The molecule has 6 rings (SSSR count). The second-order valence-electron chi connectivity index (χ2n) is 14.8. The highest BCUT2D eigenvalue weighted by Crippen LogP contribution is 2.48. The molecule has 1 aromatic heterocycles. The quantitative estimate of drug-likeness (QED) is 0.274. The summed E-state index contributed by atoms with van der Waals surface area (Å²) in [5.41, 5.74) is -1.68. The number of nitrogens with zero attached hydrogens (tertiary/aromatic N) is 2. The highest BCUT2D eigenvalue weighted by molar-refractivity contribution is 7.91. The van der Waals surface area contributed by atoms with Gasteiger partial charge in [-0.3, -0.25) is 19.1 Å². The molecule has 288 valence electrons. The van der Waals surface area contributed by atoms with E-state index in [2.05, 4.69) is 15.6 Å². The zero-order valence-corrected chi connectivity index (χ0v) is 30.9. The molecule has 1 aromatic carbocycles. The number of alkyl halides is 1. The maximum Gasteiger partial charge on any atom is 0.405 e. The number of allylic oxidation sites excluding steroid dienone is 1. The molecular weight excluding hydrogens is 713 g/mol. The van der Waals surface area contributed by atoms with Crippen molar-refractivity contribution in [3.63, 3.8) is 0 Å². The fourth-order valence-corrected chi connectivity index (χ4v) is 9.03. The van der Waals surface area contributed by atoms with Crippen molar-refractivity contribution in [1.29, 1.82) is 0 Å². The Hall–Kier alpha value is -4.67. The molecule has 0 unspecified atom stereocenters. The number of aromatic nitrogens is 1. The van der Waals surface area contributed by atoms with Gasteiger partial charge in [0, 0.05) is 23.9 Å². The monoisotopic (exact) mass is 759 g/mol. The summed E-state index contributed by atoms with van der Waals surface area (Å²) in [6.45, 7) is 2.51. The summed E-state index contributed by atoms with van der Waals surface area (Å²) in [7, 11) is -1.39. The molecule has 2 aliphatic carbocycles. The molecule has 0 radical (unpaired) electrons. The van der Waals surface area contributed by atoms with Crippen molar-refractivity contribution in [2.75, 3.05) is 27.4 Å². The average molecular weight is 760 g/mol. The van der Waals surface area contributed by atoms with Crippen molar-refractivity contribution >= 4 is 44.6 Å². The Kier molecular flexibility index (Phi) is 10.5. The number of carbonyl (C=O) groups is 4. The van der Waals surface area contributed by atoms with Crippen LogP contribution in [0.3, 0.4) is 0 Å². The fourth-order valence-electron chi connectivity index (χ4n) is 7.61. The number of nitrogens with one attached hydrogen (secondary N) is 3. The van der Waals surface area contributed by atoms with E-state index in [1.54, 1.807) is 31.2 Å². The van der Waals surface area contributed by atoms with Gasteiger partial charge in [-0.15, -0.1) is 0 Å². The molecule has 7 atom stereocenters. The van der Waals surface area contributed by atoms with Gasteiger partial charge in [0.1, 0.15) is 35.1 Å². The SMILES string of the molecule is COc1cc2ccnc(O[C@@H]3C[C@H]4C(=O)N[C@]5(C(=O)NS(=O)(=O)C6(CF)CC6)C[C@H]5C=CCC[C@@H](C)C[C@@H](C)[C@H](NC(=O)O)C(=O)N4C3)c2cc1OC. The van der Waals surface area contributed by atoms with Gasteiger partial charge in [-0.25, -0.2) is 22.6 Å². The number of rotatable bonds is 9. The van der Waals surface area contributed by atoms with E-state index in [0.717, 1.165) is 5.39 Å². The van der Waals surface area contributed by atoms with E-state index in [1.165, 1.54) is 25.3 Å². The number of benzene rings is 1. The zero-order valence-electron chi connectivity index (χ0n) is 30.1. The molecule has 4 aliphatic rings. The summed E-state index contributed by atoms with van der Waals surface area (Å²) < 4.78 is 57.6. The van der Waals surface area contributed by atoms with Crippen LogP contribution < -0.4 is 29.6 Å². The predicted octanol–water partition coefficient (Wildman–Crippen LogP) is 3.07. The molecule has 3 fully saturated rings. The molecule has 2 saturated carbocycles. The summed E-state index contributed by atoms with van der Waals surface area (Å²) in [5, 5.41) is 16.2. The smallest absolute Gasteiger partial charge is 0.405 e. The van der Waals surface area contributed by atoms with Crippen molar-refractivity contribution in [3.8, 4) is 17.4 Å². The minimum atomic E-state index is -4.39. The van der Waals surface area contributed by atoms with Gasteiger partial charge >= 0.3 is 6.09 Å². The number of hydrogen-bond donors (Lipinski definition) is 4. The third-order valence-corrected chi connectivity index (χ3v) is 13.2. The minimum absolute atomic E-state index is 0.0605. The van der Waals surface area contributed by atoms with E-state index >= 15 is 0 Å². The highest BCUT2D eigenvalue weighted by atomic mass is 32.2. The van der Waals surface area contributed by atoms with Crippen molar-refractivity contribution in [3.05, 3.63) is 36.5 Å². The summed E-state index contributed by atoms with van der Waals surface area (Å²) in [6, 6.07) is 2.77. The van der Waals surface area contributed by atoms with Crippen LogP contribution in [0.5, 0.6) is 17.4 Å². The van der Waals surface area contributed by atoms with Crippen LogP contribution in [0.4, 0.5) is 9.18 Å². The van der Waals surface area contributed by atoms with E-state index < -0.39 is 80.8 Å². The molecule has 2 aromatic rings. The molecule has 15 nitrogen and oxygen atoms in total. The second-order valence-corrected chi connectivity index (χ2v) is 16.9. The maximum atomic E-state index is 14.4. The first kappa shape index (κ1) is 38.1. The van der Waals surface area contributed by atoms with E-state index in [4.69, 9.17) is 14.2 Å². The van der Waals surface area contributed by atoms with Crippen molar-refractivity contribution in [1.82, 2.24) is 25.2 Å². The Balaban J connectivity index is 1.35. The average Bonchev–Trinajstić information content (AvgIpc) is 4.02. The fraction of sp³-hybridized carbons (Fsp3) is 0.583. The molecule has 0 spiro atoms. The number of hydrogen-bond acceptors (Lipinski definition) is 10. The molecule has 1 saturated heterocycles. The van der Waals surface area contributed by atoms with Crippen LogP contribution in [-0.4, -0.2) is 103 Å². The van der Waals surface area contributed by atoms with E-state index in [-0.39, 0.29) is 44.0 Å². The van der Waals surface area contributed by atoms with E-state index in [9.17, 15) is 37.1 Å². The number of sulfonamides is 1. The second kappa shape index (κ2) is 14.6. The van der Waals surface area contributed by atoms with Gasteiger partial charge in [0.25, 0.3) is 5.91 Å². The van der Waals surface area contributed by atoms with Gasteiger partial charge in [0.15, 0.2) is 11.5 Å². The lowest BCUT2D eigenvalue weighted by Gasteiger charge is -2.32. The van der Waals surface area contributed by atoms with Crippen LogP contribution >= 0.6 is 0 Å². The van der Waals surface area contributed by atoms with Crippen LogP contribution in [0.15, 0.2) is 36.5 Å². The van der Waals surface area contributed by atoms with Gasteiger partial charge in [-0.2, -0.15) is 0 Å². The lowest BCUT2D eigenvalue weighted by molar-refractivity contribution is -0.142. The van der Waals surface area contributed by atoms with Crippen LogP contribution in [0.25, 0.3) is 10.8 Å². The standard InChI is InChI=1S/C36H46FN5O10S/c1-20-7-5-6-8-23-17-36(23,33(45)41-53(48,49)35(19-37)10-11-35)40-30(43)26-15-24(18-42(26)32(44)29(21(2)13-20)39-34(46)47)52-31-25-16-28(51-4)27(50-3)14-22(25)9-12-38-31/h6,8-9,12,14,16,20-21,23-24,26,29,39H,5,7,10-11,13,15,17-19H2,1-4H3,(H,40,43)(H,41,45)(H,46,47)/t20-,21-,23-,24-,26+,29+,36-/m1/s1. The third-order valence-electron chi connectivity index (χ3n) is 11.1. The number of methoxy groups -OCH3 is 2. The molecule has 2 aliphatic heterocycles. The van der Waals surface area contributed by atoms with Crippen LogP contribution in [0, 0.1) is 17.8 Å². The first-order valence-corrected chi connectivity index (χ1v) is 19.2. The summed E-state index contributed by atoms with van der Waals surface area (Å²) in [6.07, 6.45) is 4.94. The third kappa shape index (κ3) is 7.44. The van der Waals surface area contributed by atoms with E-state index in [0.29, 0.717) is 36.1 Å². The first-order chi connectivity index (χ1) is 25.2. The van der Waals surface area contributed by atoms with E-state index in [1.807, 2.05) is 17.7 Å². The Morgan fingerprint density at radius 2 is 1.85 bits per heavy atom. The molecule has 4 N–H and O–H groups in total. The number of halogens is 1. The Morgan fingerprint density at radius 3 is 2.51 bits per heavy atom. The van der Waals surface area contributed by atoms with Crippen molar-refractivity contribution < 1.29 is 51.3 Å². The number of pyridine rings is 1. The van der Waals surface area contributed by atoms with Gasteiger partial charge in [-0.05, 0) is 73.9 Å². The lowest BCUT2D eigenvalue weighted by atomic mass is 9.88. The normalized spacial score (nSPS) is 29.8. The predicted molar refractivity (Wildman–Crippen MR) is 190 cm³/mol. The number of carbonyl (C=O) groups excluding carboxylic acids is 3. The van der Waals surface area contributed by atoms with Gasteiger partial charge in [-0.1, -0.05) is 26.0 Å². The molecule has 4 amide bonds. The van der Waals surface area contributed by atoms with Crippen LogP contribution in [0.1, 0.15) is 58.8 Å². The Labute approximate surface area is 307 Å². The molecular formula is C36H46FN5O10S. The van der Waals surface area contributed by atoms with Gasteiger partial charge < -0.3 is 34.9 Å². The number of amides is 4. The lowest BCUT2D eigenvalue weighted by Crippen LogP contribution is -2.59. The highest BCUT2D eigenvalue weighted by Gasteiger charge is 2.64. The summed E-state index contributed by atoms with van der Waals surface area (Å²) in [5.74, 6) is -2.19.